The summed E-state index contributed by atoms with van der Waals surface area (Å²) in [6.07, 6.45) is 0.917. The minimum atomic E-state index is -0.781. The molecule has 2 saturated heterocycles. The van der Waals surface area contributed by atoms with Crippen LogP contribution in [0.2, 0.25) is 0 Å². The van der Waals surface area contributed by atoms with E-state index in [2.05, 4.69) is 0 Å². The first kappa shape index (κ1) is 14.8. The first-order valence-corrected chi connectivity index (χ1v) is 8.17. The molecule has 4 aliphatic rings. The molecule has 5 heteroatoms. The van der Waals surface area contributed by atoms with E-state index >= 15 is 0 Å². The first-order valence-electron chi connectivity index (χ1n) is 8.17. The van der Waals surface area contributed by atoms with Crippen LogP contribution in [0.5, 0.6) is 0 Å². The molecule has 0 radical (unpaired) electrons. The largest absolute Gasteiger partial charge is 0.362 e. The van der Waals surface area contributed by atoms with E-state index in [-0.39, 0.29) is 40.8 Å². The van der Waals surface area contributed by atoms with Gasteiger partial charge < -0.3 is 14.2 Å². The van der Waals surface area contributed by atoms with Crippen molar-refractivity contribution in [2.45, 2.75) is 64.1 Å². The van der Waals surface area contributed by atoms with Crippen LogP contribution in [-0.4, -0.2) is 42.3 Å². The predicted octanol–water partition coefficient (Wildman–Crippen LogP) is 1.73. The van der Waals surface area contributed by atoms with E-state index in [9.17, 15) is 9.59 Å². The summed E-state index contributed by atoms with van der Waals surface area (Å²) in [6, 6.07) is 0. The smallest absolute Gasteiger partial charge is 0.171 e. The van der Waals surface area contributed by atoms with Gasteiger partial charge in [0.2, 0.25) is 0 Å². The van der Waals surface area contributed by atoms with Crippen molar-refractivity contribution in [2.75, 3.05) is 7.11 Å². The second kappa shape index (κ2) is 4.00. The van der Waals surface area contributed by atoms with Crippen LogP contribution in [0.1, 0.15) is 40.5 Å². The fraction of sp³-hybridized carbons (Fsp3) is 0.882. The Balaban J connectivity index is 1.72. The molecule has 2 aliphatic heterocycles. The summed E-state index contributed by atoms with van der Waals surface area (Å²) in [5.74, 6) is -1.01. The SMILES string of the molecule is COC(C)(C)O[C@H]1[C@H]2[C@H]3O[C@@](C)([C@H]2C(=O)[C@@H]1C)C1(CC1)C3=O. The molecule has 22 heavy (non-hydrogen) atoms. The zero-order chi connectivity index (χ0) is 16.1. The molecule has 2 bridgehead atoms. The van der Waals surface area contributed by atoms with Gasteiger partial charge in [-0.3, -0.25) is 9.59 Å². The molecule has 122 valence electrons. The zero-order valence-corrected chi connectivity index (χ0v) is 13.8. The molecule has 6 atom stereocenters. The maximum absolute atomic E-state index is 12.9. The van der Waals surface area contributed by atoms with Crippen molar-refractivity contribution in [3.8, 4) is 0 Å². The van der Waals surface area contributed by atoms with Crippen LogP contribution in [0.3, 0.4) is 0 Å². The van der Waals surface area contributed by atoms with Crippen molar-refractivity contribution in [3.63, 3.8) is 0 Å². The van der Waals surface area contributed by atoms with E-state index in [0.717, 1.165) is 12.8 Å². The van der Waals surface area contributed by atoms with Gasteiger partial charge in [-0.1, -0.05) is 6.92 Å². The molecule has 0 unspecified atom stereocenters. The van der Waals surface area contributed by atoms with Gasteiger partial charge in [0.1, 0.15) is 11.9 Å². The van der Waals surface area contributed by atoms with Gasteiger partial charge in [0.05, 0.1) is 23.0 Å². The highest BCUT2D eigenvalue weighted by Crippen LogP contribution is 2.72. The lowest BCUT2D eigenvalue weighted by Crippen LogP contribution is -2.51. The van der Waals surface area contributed by atoms with E-state index in [0.29, 0.717) is 0 Å². The van der Waals surface area contributed by atoms with E-state index in [1.165, 1.54) is 0 Å². The Labute approximate surface area is 130 Å². The number of carbonyl (C=O) groups excluding carboxylic acids is 2. The molecule has 4 rings (SSSR count). The van der Waals surface area contributed by atoms with Crippen molar-refractivity contribution < 1.29 is 23.8 Å². The van der Waals surface area contributed by atoms with Crippen LogP contribution in [-0.2, 0) is 23.8 Å². The van der Waals surface area contributed by atoms with Gasteiger partial charge >= 0.3 is 0 Å². The van der Waals surface area contributed by atoms with E-state index in [1.54, 1.807) is 7.11 Å². The maximum Gasteiger partial charge on any atom is 0.171 e. The number of methoxy groups -OCH3 is 1. The van der Waals surface area contributed by atoms with E-state index in [4.69, 9.17) is 14.2 Å². The minimum Gasteiger partial charge on any atom is -0.362 e. The number of hydrogen-bond donors (Lipinski definition) is 0. The predicted molar refractivity (Wildman–Crippen MR) is 77.1 cm³/mol. The van der Waals surface area contributed by atoms with Crippen LogP contribution in [0, 0.1) is 23.2 Å². The molecule has 0 N–H and O–H groups in total. The average molecular weight is 308 g/mol. The van der Waals surface area contributed by atoms with Gasteiger partial charge in [-0.25, -0.2) is 0 Å². The molecule has 0 aromatic heterocycles. The Bertz CT molecular complexity index is 563. The molecule has 4 fully saturated rings. The molecule has 1 spiro atoms. The van der Waals surface area contributed by atoms with Crippen LogP contribution >= 0.6 is 0 Å². The highest BCUT2D eigenvalue weighted by molar-refractivity contribution is 6.01. The third kappa shape index (κ3) is 1.46. The summed E-state index contributed by atoms with van der Waals surface area (Å²) in [7, 11) is 1.59. The zero-order valence-electron chi connectivity index (χ0n) is 13.8. The third-order valence-corrected chi connectivity index (χ3v) is 6.67. The maximum atomic E-state index is 12.9. The molecule has 2 saturated carbocycles. The van der Waals surface area contributed by atoms with Crippen LogP contribution in [0.4, 0.5) is 0 Å². The van der Waals surface area contributed by atoms with Gasteiger partial charge in [-0.2, -0.15) is 0 Å². The lowest BCUT2D eigenvalue weighted by molar-refractivity contribution is -0.239. The van der Waals surface area contributed by atoms with Crippen LogP contribution in [0.15, 0.2) is 0 Å². The topological polar surface area (TPSA) is 61.8 Å². The number of ketones is 2. The Hall–Kier alpha value is -0.780. The summed E-state index contributed by atoms with van der Waals surface area (Å²) in [6.45, 7) is 7.54. The third-order valence-electron chi connectivity index (χ3n) is 6.67. The monoisotopic (exact) mass is 308 g/mol. The van der Waals surface area contributed by atoms with Gasteiger partial charge in [0.15, 0.2) is 11.6 Å². The standard InChI is InChI=1S/C17H24O5/c1-8-11(18)10-9(12(8)21-15(2,3)20-5)13-14(19)17(6-7-17)16(10,4)22-13/h8-10,12-13H,6-7H2,1-5H3/t8-,9-,10+,12+,13+,16-/m0/s1. The average Bonchev–Trinajstić information content (AvgIpc) is 3.12. The lowest BCUT2D eigenvalue weighted by Gasteiger charge is -2.37. The number of hydrogen-bond acceptors (Lipinski definition) is 5. The molecular weight excluding hydrogens is 284 g/mol. The number of rotatable bonds is 3. The lowest BCUT2D eigenvalue weighted by atomic mass is 9.65. The summed E-state index contributed by atoms with van der Waals surface area (Å²) >= 11 is 0. The van der Waals surface area contributed by atoms with E-state index < -0.39 is 17.5 Å². The highest BCUT2D eigenvalue weighted by atomic mass is 16.7. The van der Waals surface area contributed by atoms with Gasteiger partial charge in [0, 0.05) is 18.9 Å². The second-order valence-electron chi connectivity index (χ2n) is 8.02. The van der Waals surface area contributed by atoms with Crippen LogP contribution in [0.25, 0.3) is 0 Å². The molecule has 2 heterocycles. The number of ether oxygens (including phenoxy) is 3. The van der Waals surface area contributed by atoms with Crippen molar-refractivity contribution in [3.05, 3.63) is 0 Å². The number of carbonyl (C=O) groups is 2. The molecule has 0 aromatic rings. The minimum absolute atomic E-state index is 0.166. The summed E-state index contributed by atoms with van der Waals surface area (Å²) in [5, 5.41) is 0. The fourth-order valence-corrected chi connectivity index (χ4v) is 5.14. The van der Waals surface area contributed by atoms with Gasteiger partial charge in [0.25, 0.3) is 0 Å². The van der Waals surface area contributed by atoms with Gasteiger partial charge in [-0.05, 0) is 33.6 Å². The molecule has 2 aliphatic carbocycles. The first-order chi connectivity index (χ1) is 10.2. The van der Waals surface area contributed by atoms with Crippen molar-refractivity contribution >= 4 is 11.6 Å². The number of fused-ring (bicyclic) bond motifs is 6. The Kier molecular flexibility index (Phi) is 2.69. The Morgan fingerprint density at radius 3 is 2.45 bits per heavy atom. The van der Waals surface area contributed by atoms with Crippen molar-refractivity contribution in [1.29, 1.82) is 0 Å². The van der Waals surface area contributed by atoms with E-state index in [1.807, 2.05) is 27.7 Å². The fourth-order valence-electron chi connectivity index (χ4n) is 5.14. The quantitative estimate of drug-likeness (QED) is 0.743. The molecule has 5 nitrogen and oxygen atoms in total. The summed E-state index contributed by atoms with van der Waals surface area (Å²) in [4.78, 5) is 25.6. The van der Waals surface area contributed by atoms with Gasteiger partial charge in [-0.15, -0.1) is 0 Å². The number of Topliss-reactive ketones (excluding diaryl/α,β-unsaturated/α-hetero) is 2. The van der Waals surface area contributed by atoms with Crippen molar-refractivity contribution in [1.82, 2.24) is 0 Å². The Morgan fingerprint density at radius 1 is 1.27 bits per heavy atom. The second-order valence-corrected chi connectivity index (χ2v) is 8.02. The molecule has 0 amide bonds. The van der Waals surface area contributed by atoms with Crippen LogP contribution < -0.4 is 0 Å². The molecule has 0 aromatic carbocycles. The molecular formula is C17H24O5. The highest BCUT2D eigenvalue weighted by Gasteiger charge is 2.82. The van der Waals surface area contributed by atoms with Crippen molar-refractivity contribution in [2.24, 2.45) is 23.2 Å². The summed E-state index contributed by atoms with van der Waals surface area (Å²) < 4.78 is 17.6. The summed E-state index contributed by atoms with van der Waals surface area (Å²) in [5.41, 5.74) is -1.01. The Morgan fingerprint density at radius 2 is 1.91 bits per heavy atom. The normalized spacial score (nSPS) is 48.3.